The van der Waals surface area contributed by atoms with Gasteiger partial charge in [0.1, 0.15) is 22.9 Å². The molecule has 1 aliphatic heterocycles. The largest absolute Gasteiger partial charge is 0.435 e. The van der Waals surface area contributed by atoms with E-state index in [4.69, 9.17) is 21.3 Å². The molecule has 0 radical (unpaired) electrons. The van der Waals surface area contributed by atoms with Gasteiger partial charge in [-0.25, -0.2) is 22.2 Å². The summed E-state index contributed by atoms with van der Waals surface area (Å²) in [5.41, 5.74) is -0.372. The van der Waals surface area contributed by atoms with Crippen molar-refractivity contribution < 1.29 is 45.0 Å². The number of hydrogen-bond acceptors (Lipinski definition) is 8. The molecule has 10 nitrogen and oxygen atoms in total. The lowest BCUT2D eigenvalue weighted by Crippen LogP contribution is -2.21. The second kappa shape index (κ2) is 15.1. The summed E-state index contributed by atoms with van der Waals surface area (Å²) in [4.78, 5) is 18.8. The first-order valence-electron chi connectivity index (χ1n) is 17.0. The molecule has 3 aromatic heterocycles. The number of halogens is 6. The molecule has 1 N–H and O–H groups in total. The van der Waals surface area contributed by atoms with Crippen LogP contribution in [0.1, 0.15) is 65.8 Å². The van der Waals surface area contributed by atoms with E-state index in [1.807, 2.05) is 0 Å². The average molecular weight is 804 g/mol. The molecule has 0 fully saturated rings. The summed E-state index contributed by atoms with van der Waals surface area (Å²) in [5.74, 6) is 1.83. The predicted molar refractivity (Wildman–Crippen MR) is 194 cm³/mol. The van der Waals surface area contributed by atoms with Crippen molar-refractivity contribution in [2.24, 2.45) is 7.05 Å². The Bertz CT molecular complexity index is 2480. The number of aliphatic hydroxyl groups is 1. The second-order valence-corrected chi connectivity index (χ2v) is 16.6. The van der Waals surface area contributed by atoms with Gasteiger partial charge in [0.05, 0.1) is 53.1 Å². The standard InChI is InChI=1S/C38H35ClF5N5O5S/c1-37(2,51)11-9-25-5-6-27(28-7-8-30(39)33-31(20-55(4,52)53)46-48(3)35(28)33)34(45-25)22(13-21-14-23(40)17-24(41)15-21)16-26(50)18-49-32-19-54-12-10-29(32)36(47-49)38(42,43)44/h5-8,14-15,17,22,51H,10,12-13,16,18-20H2,1-4H3/t22-/m1/s1. The third-order valence-electron chi connectivity index (χ3n) is 8.88. The molecule has 0 spiro atoms. The summed E-state index contributed by atoms with van der Waals surface area (Å²) in [7, 11) is -1.95. The number of alkyl halides is 3. The maximum atomic E-state index is 14.5. The zero-order valence-corrected chi connectivity index (χ0v) is 31.6. The molecule has 0 bridgehead atoms. The summed E-state index contributed by atoms with van der Waals surface area (Å²) in [5, 5.41) is 19.1. The molecule has 2 aromatic carbocycles. The predicted octanol–water partition coefficient (Wildman–Crippen LogP) is 6.51. The van der Waals surface area contributed by atoms with E-state index in [9.17, 15) is 40.3 Å². The van der Waals surface area contributed by atoms with E-state index in [-0.39, 0.29) is 71.4 Å². The molecule has 1 atom stereocenters. The lowest BCUT2D eigenvalue weighted by Gasteiger charge is -2.21. The Kier molecular flexibility index (Phi) is 11.0. The van der Waals surface area contributed by atoms with Crippen LogP contribution in [0.3, 0.4) is 0 Å². The number of Topliss-reactive ketones (excluding diaryl/α,β-unsaturated/α-hetero) is 1. The minimum atomic E-state index is -4.76. The monoisotopic (exact) mass is 803 g/mol. The van der Waals surface area contributed by atoms with Crippen LogP contribution in [0.2, 0.25) is 5.02 Å². The van der Waals surface area contributed by atoms with Crippen molar-refractivity contribution in [3.05, 3.63) is 98.7 Å². The van der Waals surface area contributed by atoms with Gasteiger partial charge < -0.3 is 9.84 Å². The van der Waals surface area contributed by atoms with Crippen LogP contribution >= 0.6 is 11.6 Å². The van der Waals surface area contributed by atoms with Crippen molar-refractivity contribution in [3.8, 4) is 23.0 Å². The number of rotatable bonds is 10. The summed E-state index contributed by atoms with van der Waals surface area (Å²) < 4.78 is 103. The van der Waals surface area contributed by atoms with Crippen LogP contribution in [-0.4, -0.2) is 62.3 Å². The highest BCUT2D eigenvalue weighted by atomic mass is 35.5. The smallest absolute Gasteiger partial charge is 0.378 e. The molecule has 0 unspecified atom stereocenters. The Morgan fingerprint density at radius 2 is 1.76 bits per heavy atom. The molecule has 4 heterocycles. The van der Waals surface area contributed by atoms with E-state index < -0.39 is 62.9 Å². The van der Waals surface area contributed by atoms with E-state index in [1.54, 1.807) is 31.3 Å². The Labute approximate surface area is 318 Å². The van der Waals surface area contributed by atoms with Crippen molar-refractivity contribution >= 4 is 38.1 Å². The number of fused-ring (bicyclic) bond motifs is 2. The molecular formula is C38H35ClF5N5O5S. The molecule has 0 amide bonds. The van der Waals surface area contributed by atoms with E-state index in [2.05, 4.69) is 22.0 Å². The van der Waals surface area contributed by atoms with E-state index >= 15 is 0 Å². The van der Waals surface area contributed by atoms with Crippen molar-refractivity contribution in [3.63, 3.8) is 0 Å². The first-order valence-corrected chi connectivity index (χ1v) is 19.4. The van der Waals surface area contributed by atoms with Gasteiger partial charge in [0, 0.05) is 53.8 Å². The molecule has 5 aromatic rings. The van der Waals surface area contributed by atoms with Crippen LogP contribution in [0.15, 0.2) is 42.5 Å². The number of carbonyl (C=O) groups excluding carboxylic acids is 1. The molecule has 55 heavy (non-hydrogen) atoms. The average Bonchev–Trinajstić information content (AvgIpc) is 3.60. The maximum absolute atomic E-state index is 14.5. The quantitative estimate of drug-likeness (QED) is 0.125. The number of hydrogen-bond donors (Lipinski definition) is 1. The van der Waals surface area contributed by atoms with Crippen molar-refractivity contribution in [2.45, 2.75) is 69.7 Å². The topological polar surface area (TPSA) is 129 Å². The first-order chi connectivity index (χ1) is 25.7. The molecule has 0 saturated carbocycles. The molecule has 0 saturated heterocycles. The highest BCUT2D eigenvalue weighted by Crippen LogP contribution is 2.40. The Morgan fingerprint density at radius 3 is 2.42 bits per heavy atom. The zero-order valence-electron chi connectivity index (χ0n) is 30.1. The normalized spacial score (nSPS) is 14.1. The van der Waals surface area contributed by atoms with Gasteiger partial charge in [-0.1, -0.05) is 23.6 Å². The van der Waals surface area contributed by atoms with E-state index in [0.717, 1.165) is 23.1 Å². The second-order valence-electron chi connectivity index (χ2n) is 14.1. The van der Waals surface area contributed by atoms with Gasteiger partial charge in [-0.2, -0.15) is 23.4 Å². The number of ether oxygens (including phenoxy) is 1. The van der Waals surface area contributed by atoms with Crippen molar-refractivity contribution in [1.82, 2.24) is 24.5 Å². The third kappa shape index (κ3) is 9.24. The molecular weight excluding hydrogens is 769 g/mol. The van der Waals surface area contributed by atoms with Crippen LogP contribution in [0.4, 0.5) is 22.0 Å². The Morgan fingerprint density at radius 1 is 1.07 bits per heavy atom. The summed E-state index contributed by atoms with van der Waals surface area (Å²) in [6.07, 6.45) is -4.27. The highest BCUT2D eigenvalue weighted by molar-refractivity contribution is 7.89. The third-order valence-corrected chi connectivity index (χ3v) is 9.99. The van der Waals surface area contributed by atoms with E-state index in [1.165, 1.54) is 18.5 Å². The summed E-state index contributed by atoms with van der Waals surface area (Å²) in [6, 6.07) is 9.35. The Balaban J connectivity index is 1.53. The number of ketones is 1. The molecule has 17 heteroatoms. The van der Waals surface area contributed by atoms with E-state index in [0.29, 0.717) is 28.1 Å². The lowest BCUT2D eigenvalue weighted by molar-refractivity contribution is -0.142. The van der Waals surface area contributed by atoms with Gasteiger partial charge in [0.25, 0.3) is 0 Å². The number of sulfone groups is 1. The number of benzene rings is 2. The molecule has 290 valence electrons. The summed E-state index contributed by atoms with van der Waals surface area (Å²) >= 11 is 6.63. The van der Waals surface area contributed by atoms with Gasteiger partial charge in [-0.15, -0.1) is 0 Å². The SMILES string of the molecule is Cn1nc(CS(C)(=O)=O)c2c(Cl)ccc(-c3ccc(C#CC(C)(C)O)nc3[C@@H](CC(=O)Cn3nc(C(F)(F)F)c4c3COCC4)Cc3cc(F)cc(F)c3)c21. The van der Waals surface area contributed by atoms with Gasteiger partial charge >= 0.3 is 6.18 Å². The number of aromatic nitrogens is 5. The number of pyridine rings is 1. The molecule has 6 rings (SSSR count). The van der Waals surface area contributed by atoms with Gasteiger partial charge in [-0.05, 0) is 68.5 Å². The van der Waals surface area contributed by atoms with Crippen molar-refractivity contribution in [2.75, 3.05) is 12.9 Å². The fourth-order valence-electron chi connectivity index (χ4n) is 6.77. The van der Waals surface area contributed by atoms with Gasteiger partial charge in [0.15, 0.2) is 21.3 Å². The highest BCUT2D eigenvalue weighted by Gasteiger charge is 2.40. The molecule has 1 aliphatic rings. The number of carbonyl (C=O) groups is 1. The minimum Gasteiger partial charge on any atom is -0.378 e. The molecule has 0 aliphatic carbocycles. The van der Waals surface area contributed by atoms with Gasteiger partial charge in [-0.3, -0.25) is 14.2 Å². The van der Waals surface area contributed by atoms with Crippen molar-refractivity contribution in [1.29, 1.82) is 0 Å². The van der Waals surface area contributed by atoms with Crippen LogP contribution in [-0.2, 0) is 64.3 Å². The van der Waals surface area contributed by atoms with Crippen LogP contribution < -0.4 is 0 Å². The summed E-state index contributed by atoms with van der Waals surface area (Å²) in [6.45, 7) is 2.27. The maximum Gasteiger partial charge on any atom is 0.435 e. The Hall–Kier alpha value is -4.69. The first kappa shape index (κ1) is 40.0. The lowest BCUT2D eigenvalue weighted by atomic mass is 9.86. The van der Waals surface area contributed by atoms with Crippen LogP contribution in [0, 0.1) is 23.5 Å². The fraction of sp³-hybridized carbons (Fsp3) is 0.368. The van der Waals surface area contributed by atoms with Gasteiger partial charge in [0.2, 0.25) is 0 Å². The van der Waals surface area contributed by atoms with Crippen LogP contribution in [0.25, 0.3) is 22.0 Å². The fourth-order valence-corrected chi connectivity index (χ4v) is 7.73. The number of nitrogens with zero attached hydrogens (tertiary/aromatic N) is 5. The zero-order chi connectivity index (χ0) is 40.0. The minimum absolute atomic E-state index is 0.0344. The number of aryl methyl sites for hydroxylation is 1. The van der Waals surface area contributed by atoms with Crippen LogP contribution in [0.5, 0.6) is 0 Å².